The number of esters is 1. The minimum atomic E-state index is -0.999. The molecule has 2 N–H and O–H groups in total. The predicted molar refractivity (Wildman–Crippen MR) is 136 cm³/mol. The van der Waals surface area contributed by atoms with Crippen LogP contribution in [-0.4, -0.2) is 40.6 Å². The van der Waals surface area contributed by atoms with E-state index >= 15 is 0 Å². The van der Waals surface area contributed by atoms with Gasteiger partial charge in [0.05, 0.1) is 23.8 Å². The number of aliphatic hydroxyl groups excluding tert-OH is 1. The van der Waals surface area contributed by atoms with E-state index in [-0.39, 0.29) is 35.4 Å². The Morgan fingerprint density at radius 3 is 2.54 bits per heavy atom. The number of carbonyl (C=O) groups is 3. The number of anilines is 1. The fraction of sp³-hybridized carbons (Fsp3) is 0.207. The second kappa shape index (κ2) is 9.46. The Kier molecular flexibility index (Phi) is 6.17. The number of nitrogens with zero attached hydrogens (tertiary/aromatic N) is 1. The van der Waals surface area contributed by atoms with Gasteiger partial charge in [-0.15, -0.1) is 0 Å². The van der Waals surface area contributed by atoms with E-state index in [0.29, 0.717) is 23.2 Å². The number of amides is 1. The van der Waals surface area contributed by atoms with Crippen molar-refractivity contribution in [1.82, 2.24) is 0 Å². The fourth-order valence-electron chi connectivity index (χ4n) is 4.79. The van der Waals surface area contributed by atoms with Crippen LogP contribution < -0.4 is 9.64 Å². The van der Waals surface area contributed by atoms with E-state index in [2.05, 4.69) is 0 Å². The summed E-state index contributed by atoms with van der Waals surface area (Å²) in [5, 5.41) is 21.2. The molecule has 0 bridgehead atoms. The van der Waals surface area contributed by atoms with Gasteiger partial charge in [0.25, 0.3) is 11.7 Å². The van der Waals surface area contributed by atoms with Gasteiger partial charge in [0.15, 0.2) is 0 Å². The van der Waals surface area contributed by atoms with Crippen molar-refractivity contribution in [3.05, 3.63) is 94.6 Å². The van der Waals surface area contributed by atoms with Gasteiger partial charge >= 0.3 is 5.97 Å². The first-order chi connectivity index (χ1) is 17.8. The first-order valence-electron chi connectivity index (χ1n) is 12.0. The normalized spacial score (nSPS) is 20.0. The summed E-state index contributed by atoms with van der Waals surface area (Å²) in [4.78, 5) is 40.4. The lowest BCUT2D eigenvalue weighted by Crippen LogP contribution is -2.29. The van der Waals surface area contributed by atoms with E-state index in [9.17, 15) is 24.6 Å². The standard InChI is InChI=1S/C29H25NO7/c1-3-36-29(35)19-5-4-6-21(15-19)30-25(17-7-10-22(31)11-8-17)24(27(33)28(30)34)26(32)18-9-12-23-20(14-18)13-16(2)37-23/h4-12,14-16,25,31-32H,3,13H2,1-2H3/b26-24-. The van der Waals surface area contributed by atoms with Crippen molar-refractivity contribution in [2.45, 2.75) is 32.4 Å². The summed E-state index contributed by atoms with van der Waals surface area (Å²) in [6, 6.07) is 16.4. The summed E-state index contributed by atoms with van der Waals surface area (Å²) in [5.74, 6) is -1.85. The van der Waals surface area contributed by atoms with Gasteiger partial charge in [-0.25, -0.2) is 4.79 Å². The summed E-state index contributed by atoms with van der Waals surface area (Å²) in [6.45, 7) is 3.82. The van der Waals surface area contributed by atoms with E-state index in [1.54, 1.807) is 55.5 Å². The minimum absolute atomic E-state index is 0.00153. The van der Waals surface area contributed by atoms with Crippen molar-refractivity contribution in [3.63, 3.8) is 0 Å². The van der Waals surface area contributed by atoms with E-state index in [1.807, 2.05) is 6.92 Å². The SMILES string of the molecule is CCOC(=O)c1cccc(N2C(=O)C(=O)/C(=C(\O)c3ccc4c(c3)CC(C)O4)C2c2ccc(O)cc2)c1. The first-order valence-corrected chi connectivity index (χ1v) is 12.0. The summed E-state index contributed by atoms with van der Waals surface area (Å²) in [6.07, 6.45) is 0.661. The molecular formula is C29H25NO7. The molecule has 188 valence electrons. The number of ether oxygens (including phenoxy) is 2. The van der Waals surface area contributed by atoms with Crippen LogP contribution in [0, 0.1) is 0 Å². The Morgan fingerprint density at radius 1 is 1.05 bits per heavy atom. The van der Waals surface area contributed by atoms with Crippen LogP contribution in [0.3, 0.4) is 0 Å². The molecule has 3 aromatic rings. The summed E-state index contributed by atoms with van der Waals surface area (Å²) < 4.78 is 10.8. The maximum Gasteiger partial charge on any atom is 0.338 e. The van der Waals surface area contributed by atoms with E-state index in [0.717, 1.165) is 11.3 Å². The molecule has 0 aromatic heterocycles. The topological polar surface area (TPSA) is 113 Å². The van der Waals surface area contributed by atoms with Crippen LogP contribution in [-0.2, 0) is 20.7 Å². The maximum absolute atomic E-state index is 13.4. The van der Waals surface area contributed by atoms with Crippen molar-refractivity contribution >= 4 is 29.1 Å². The monoisotopic (exact) mass is 499 g/mol. The number of hydrogen-bond donors (Lipinski definition) is 2. The van der Waals surface area contributed by atoms with Crippen LogP contribution in [0.1, 0.15) is 46.9 Å². The fourth-order valence-corrected chi connectivity index (χ4v) is 4.79. The minimum Gasteiger partial charge on any atom is -0.508 e. The van der Waals surface area contributed by atoms with Crippen molar-refractivity contribution in [2.24, 2.45) is 0 Å². The van der Waals surface area contributed by atoms with Crippen molar-refractivity contribution in [1.29, 1.82) is 0 Å². The molecule has 3 aromatic carbocycles. The van der Waals surface area contributed by atoms with Crippen LogP contribution >= 0.6 is 0 Å². The lowest BCUT2D eigenvalue weighted by Gasteiger charge is -2.26. The maximum atomic E-state index is 13.4. The molecular weight excluding hydrogens is 474 g/mol. The Bertz CT molecular complexity index is 1440. The number of benzene rings is 3. The predicted octanol–water partition coefficient (Wildman–Crippen LogP) is 4.52. The van der Waals surface area contributed by atoms with Crippen LogP contribution in [0.15, 0.2) is 72.3 Å². The lowest BCUT2D eigenvalue weighted by molar-refractivity contribution is -0.132. The number of fused-ring (bicyclic) bond motifs is 1. The van der Waals surface area contributed by atoms with Gasteiger partial charge in [-0.3, -0.25) is 14.5 Å². The van der Waals surface area contributed by atoms with E-state index < -0.39 is 23.7 Å². The Balaban J connectivity index is 1.66. The van der Waals surface area contributed by atoms with Crippen molar-refractivity contribution in [3.8, 4) is 11.5 Å². The van der Waals surface area contributed by atoms with E-state index in [1.165, 1.54) is 23.1 Å². The van der Waals surface area contributed by atoms with Crippen LogP contribution in [0.5, 0.6) is 11.5 Å². The molecule has 0 spiro atoms. The highest BCUT2D eigenvalue weighted by atomic mass is 16.5. The van der Waals surface area contributed by atoms with Crippen LogP contribution in [0.2, 0.25) is 0 Å². The summed E-state index contributed by atoms with van der Waals surface area (Å²) >= 11 is 0. The van der Waals surface area contributed by atoms with Gasteiger partial charge in [0, 0.05) is 17.7 Å². The molecule has 0 saturated carbocycles. The number of hydrogen-bond acceptors (Lipinski definition) is 7. The number of rotatable bonds is 5. The molecule has 8 nitrogen and oxygen atoms in total. The van der Waals surface area contributed by atoms with Gasteiger partial charge in [-0.05, 0) is 73.5 Å². The molecule has 0 radical (unpaired) electrons. The molecule has 0 aliphatic carbocycles. The number of carbonyl (C=O) groups excluding carboxylic acids is 3. The first kappa shape index (κ1) is 24.1. The second-order valence-electron chi connectivity index (χ2n) is 8.99. The quantitative estimate of drug-likeness (QED) is 0.230. The van der Waals surface area contributed by atoms with Gasteiger partial charge < -0.3 is 19.7 Å². The van der Waals surface area contributed by atoms with Gasteiger partial charge in [0.1, 0.15) is 23.4 Å². The third kappa shape index (κ3) is 4.31. The number of ketones is 1. The molecule has 1 amide bonds. The number of aliphatic hydroxyl groups is 1. The van der Waals surface area contributed by atoms with Crippen molar-refractivity contribution in [2.75, 3.05) is 11.5 Å². The molecule has 1 fully saturated rings. The summed E-state index contributed by atoms with van der Waals surface area (Å²) in [7, 11) is 0. The highest BCUT2D eigenvalue weighted by Crippen LogP contribution is 2.43. The molecule has 5 rings (SSSR count). The number of Topliss-reactive ketones (excluding diaryl/α,β-unsaturated/α-hetero) is 1. The van der Waals surface area contributed by atoms with Crippen molar-refractivity contribution < 1.29 is 34.1 Å². The number of phenols is 1. The van der Waals surface area contributed by atoms with Crippen LogP contribution in [0.4, 0.5) is 5.69 Å². The Morgan fingerprint density at radius 2 is 1.81 bits per heavy atom. The average molecular weight is 500 g/mol. The molecule has 2 unspecified atom stereocenters. The van der Waals surface area contributed by atoms with Crippen LogP contribution in [0.25, 0.3) is 5.76 Å². The van der Waals surface area contributed by atoms with E-state index in [4.69, 9.17) is 9.47 Å². The molecule has 2 aliphatic rings. The molecule has 1 saturated heterocycles. The third-order valence-electron chi connectivity index (χ3n) is 6.46. The largest absolute Gasteiger partial charge is 0.508 e. The zero-order chi connectivity index (χ0) is 26.3. The zero-order valence-electron chi connectivity index (χ0n) is 20.3. The molecule has 8 heteroatoms. The molecule has 2 aliphatic heterocycles. The number of aromatic hydroxyl groups is 1. The zero-order valence-corrected chi connectivity index (χ0v) is 20.3. The second-order valence-corrected chi connectivity index (χ2v) is 8.99. The Hall–Kier alpha value is -4.59. The van der Waals surface area contributed by atoms with Gasteiger partial charge in [-0.2, -0.15) is 0 Å². The molecule has 37 heavy (non-hydrogen) atoms. The van der Waals surface area contributed by atoms with Gasteiger partial charge in [-0.1, -0.05) is 18.2 Å². The van der Waals surface area contributed by atoms with Gasteiger partial charge in [0.2, 0.25) is 0 Å². The lowest BCUT2D eigenvalue weighted by atomic mass is 9.94. The molecule has 2 heterocycles. The highest BCUT2D eigenvalue weighted by molar-refractivity contribution is 6.51. The molecule has 2 atom stereocenters. The average Bonchev–Trinajstić information content (AvgIpc) is 3.39. The highest BCUT2D eigenvalue weighted by Gasteiger charge is 2.47. The Labute approximate surface area is 213 Å². The smallest absolute Gasteiger partial charge is 0.338 e. The number of phenolic OH excluding ortho intramolecular Hbond substituents is 1. The third-order valence-corrected chi connectivity index (χ3v) is 6.46. The summed E-state index contributed by atoms with van der Waals surface area (Å²) in [5.41, 5.74) is 2.20.